The third kappa shape index (κ3) is 12.1. The number of carbonyl (C=O) groups is 1. The van der Waals surface area contributed by atoms with Crippen molar-refractivity contribution in [2.45, 2.75) is 127 Å². The molecule has 0 aromatic rings. The Balaban J connectivity index is 2.25. The number of rotatable bonds is 20. The van der Waals surface area contributed by atoms with Crippen molar-refractivity contribution in [2.24, 2.45) is 0 Å². The molecule has 1 rings (SSSR count). The summed E-state index contributed by atoms with van der Waals surface area (Å²) in [6.45, 7) is 1.47. The lowest BCUT2D eigenvalue weighted by atomic mass is 9.99. The van der Waals surface area contributed by atoms with Crippen LogP contribution < -0.4 is 5.32 Å². The van der Waals surface area contributed by atoms with Gasteiger partial charge in [0.25, 0.3) is 0 Å². The molecule has 9 nitrogen and oxygen atoms in total. The van der Waals surface area contributed by atoms with Crippen molar-refractivity contribution in [1.29, 1.82) is 0 Å². The Hall–Kier alpha value is -1.07. The average Bonchev–Trinajstić information content (AvgIpc) is 2.84. The molecule has 0 radical (unpaired) electrons. The highest BCUT2D eigenvalue weighted by atomic mass is 16.7. The Kier molecular flexibility index (Phi) is 17.4. The maximum atomic E-state index is 10.9. The van der Waals surface area contributed by atoms with Crippen molar-refractivity contribution < 1.29 is 39.8 Å². The summed E-state index contributed by atoms with van der Waals surface area (Å²) in [5.74, 6) is 0. The van der Waals surface area contributed by atoms with Crippen LogP contribution in [0.2, 0.25) is 0 Å². The zero-order valence-electron chi connectivity index (χ0n) is 20.6. The molecular weight excluding hydrogens is 442 g/mol. The van der Waals surface area contributed by atoms with E-state index in [0.717, 1.165) is 19.3 Å². The van der Waals surface area contributed by atoms with Crippen LogP contribution in [0.3, 0.4) is 0 Å². The summed E-state index contributed by atoms with van der Waals surface area (Å²) in [5.41, 5.74) is 0. The van der Waals surface area contributed by atoms with E-state index in [0.29, 0.717) is 6.41 Å². The summed E-state index contributed by atoms with van der Waals surface area (Å²) in [6, 6.07) is -0.793. The Morgan fingerprint density at radius 1 is 0.912 bits per heavy atom. The van der Waals surface area contributed by atoms with Crippen molar-refractivity contribution >= 4 is 6.41 Å². The summed E-state index contributed by atoms with van der Waals surface area (Å²) >= 11 is 0. The molecule has 0 aliphatic carbocycles. The van der Waals surface area contributed by atoms with E-state index >= 15 is 0 Å². The number of nitrogens with one attached hydrogen (secondary N) is 1. The fourth-order valence-corrected chi connectivity index (χ4v) is 4.03. The van der Waals surface area contributed by atoms with Crippen molar-refractivity contribution in [3.8, 4) is 0 Å². The first-order valence-corrected chi connectivity index (χ1v) is 12.9. The number of ether oxygens (including phenoxy) is 2. The molecule has 0 unspecified atom stereocenters. The zero-order chi connectivity index (χ0) is 25.2. The monoisotopic (exact) mass is 489 g/mol. The van der Waals surface area contributed by atoms with E-state index in [2.05, 4.69) is 12.2 Å². The van der Waals surface area contributed by atoms with E-state index in [9.17, 15) is 30.3 Å². The van der Waals surface area contributed by atoms with Crippen molar-refractivity contribution in [3.63, 3.8) is 0 Å². The minimum Gasteiger partial charge on any atom is -0.394 e. The minimum atomic E-state index is -1.55. The van der Waals surface area contributed by atoms with Gasteiger partial charge in [-0.3, -0.25) is 4.79 Å². The quantitative estimate of drug-likeness (QED) is 0.0857. The molecule has 6 N–H and O–H groups in total. The van der Waals surface area contributed by atoms with Crippen LogP contribution in [0.15, 0.2) is 12.2 Å². The van der Waals surface area contributed by atoms with Gasteiger partial charge in [-0.25, -0.2) is 0 Å². The second-order valence-corrected chi connectivity index (χ2v) is 9.16. The van der Waals surface area contributed by atoms with Crippen LogP contribution in [0.5, 0.6) is 0 Å². The average molecular weight is 490 g/mol. The molecule has 0 spiro atoms. The van der Waals surface area contributed by atoms with Crippen LogP contribution in [0.4, 0.5) is 0 Å². The molecular formula is C25H47NO8. The summed E-state index contributed by atoms with van der Waals surface area (Å²) in [4.78, 5) is 10.9. The topological polar surface area (TPSA) is 149 Å². The third-order valence-electron chi connectivity index (χ3n) is 6.29. The predicted octanol–water partition coefficient (Wildman–Crippen LogP) is 1.54. The molecule has 1 aliphatic rings. The number of allylic oxidation sites excluding steroid dienone is 1. The number of hydrogen-bond acceptors (Lipinski definition) is 8. The van der Waals surface area contributed by atoms with Crippen molar-refractivity contribution in [2.75, 3.05) is 13.2 Å². The van der Waals surface area contributed by atoms with Gasteiger partial charge in [-0.05, 0) is 12.8 Å². The maximum Gasteiger partial charge on any atom is 0.207 e. The fourth-order valence-electron chi connectivity index (χ4n) is 4.03. The molecule has 9 heteroatoms. The lowest BCUT2D eigenvalue weighted by Gasteiger charge is -2.40. The van der Waals surface area contributed by atoms with Crippen LogP contribution >= 0.6 is 0 Å². The van der Waals surface area contributed by atoms with Gasteiger partial charge in [0.15, 0.2) is 6.29 Å². The van der Waals surface area contributed by atoms with Crippen molar-refractivity contribution in [1.82, 2.24) is 5.32 Å². The summed E-state index contributed by atoms with van der Waals surface area (Å²) in [7, 11) is 0. The highest BCUT2D eigenvalue weighted by Crippen LogP contribution is 2.22. The Labute approximate surface area is 204 Å². The van der Waals surface area contributed by atoms with E-state index < -0.39 is 49.5 Å². The molecule has 1 fully saturated rings. The lowest BCUT2D eigenvalue weighted by molar-refractivity contribution is -0.302. The normalized spacial score (nSPS) is 27.1. The van der Waals surface area contributed by atoms with E-state index in [4.69, 9.17) is 9.47 Å². The van der Waals surface area contributed by atoms with Gasteiger partial charge in [-0.2, -0.15) is 0 Å². The van der Waals surface area contributed by atoms with Gasteiger partial charge in [-0.15, -0.1) is 0 Å². The van der Waals surface area contributed by atoms with Crippen LogP contribution in [0, 0.1) is 0 Å². The summed E-state index contributed by atoms with van der Waals surface area (Å²) in [5, 5.41) is 51.8. The Bertz CT molecular complexity index is 533. The standard InChI is InChI=1S/C25H47NO8/c1-2-3-4-5-6-7-8-9-10-11-12-13-14-15-20(29)19(26-18-28)17-33-25-24(32)23(31)22(30)21(16-27)34-25/h14-15,18-25,27,29-32H,2-13,16-17H2,1H3,(H,26,28)/b15-14+/t19-,20+,21+,22-,23-,24+,25+/m0/s1. The molecule has 0 aromatic heterocycles. The van der Waals surface area contributed by atoms with Gasteiger partial charge < -0.3 is 40.3 Å². The van der Waals surface area contributed by atoms with Gasteiger partial charge in [0.1, 0.15) is 24.4 Å². The first kappa shape index (κ1) is 31.0. The first-order valence-electron chi connectivity index (χ1n) is 12.9. The number of aliphatic hydroxyl groups excluding tert-OH is 5. The van der Waals surface area contributed by atoms with E-state index in [1.807, 2.05) is 6.08 Å². The maximum absolute atomic E-state index is 10.9. The van der Waals surface area contributed by atoms with Gasteiger partial charge >= 0.3 is 0 Å². The van der Waals surface area contributed by atoms with Crippen LogP contribution in [0.1, 0.15) is 84.0 Å². The van der Waals surface area contributed by atoms with Gasteiger partial charge in [0.2, 0.25) is 6.41 Å². The third-order valence-corrected chi connectivity index (χ3v) is 6.29. The molecule has 0 bridgehead atoms. The van der Waals surface area contributed by atoms with Crippen LogP contribution in [0.25, 0.3) is 0 Å². The molecule has 0 saturated carbocycles. The van der Waals surface area contributed by atoms with E-state index in [1.165, 1.54) is 57.8 Å². The molecule has 1 amide bonds. The molecule has 1 saturated heterocycles. The summed E-state index contributed by atoms with van der Waals surface area (Å²) < 4.78 is 10.7. The van der Waals surface area contributed by atoms with Crippen LogP contribution in [-0.2, 0) is 14.3 Å². The first-order chi connectivity index (χ1) is 16.5. The SMILES string of the molecule is CCCCCCCCCCCCC/C=C/[C@@H](O)[C@H](CO[C@@H]1O[C@H](CO)[C@H](O)[C@H](O)[C@H]1O)NC=O. The molecule has 1 aliphatic heterocycles. The Morgan fingerprint density at radius 3 is 2.06 bits per heavy atom. The molecule has 1 heterocycles. The second-order valence-electron chi connectivity index (χ2n) is 9.16. The Morgan fingerprint density at radius 2 is 1.50 bits per heavy atom. The second kappa shape index (κ2) is 19.2. The molecule has 0 aromatic carbocycles. The van der Waals surface area contributed by atoms with E-state index in [1.54, 1.807) is 6.08 Å². The van der Waals surface area contributed by atoms with E-state index in [-0.39, 0.29) is 6.61 Å². The van der Waals surface area contributed by atoms with Gasteiger partial charge in [0.05, 0.1) is 25.4 Å². The number of hydrogen-bond donors (Lipinski definition) is 6. The predicted molar refractivity (Wildman–Crippen MR) is 129 cm³/mol. The highest BCUT2D eigenvalue weighted by Gasteiger charge is 2.44. The fraction of sp³-hybridized carbons (Fsp3) is 0.880. The smallest absolute Gasteiger partial charge is 0.207 e. The van der Waals surface area contributed by atoms with Crippen molar-refractivity contribution in [3.05, 3.63) is 12.2 Å². The largest absolute Gasteiger partial charge is 0.394 e. The van der Waals surface area contributed by atoms with Gasteiger partial charge in [0, 0.05) is 0 Å². The zero-order valence-corrected chi connectivity index (χ0v) is 20.6. The number of unbranched alkanes of at least 4 members (excludes halogenated alkanes) is 11. The molecule has 7 atom stereocenters. The minimum absolute atomic E-state index is 0.203. The van der Waals surface area contributed by atoms with Gasteiger partial charge in [-0.1, -0.05) is 83.3 Å². The number of amides is 1. The summed E-state index contributed by atoms with van der Waals surface area (Å²) in [6.07, 6.45) is 10.8. The number of carbonyl (C=O) groups excluding carboxylic acids is 1. The highest BCUT2D eigenvalue weighted by molar-refractivity contribution is 5.47. The van der Waals surface area contributed by atoms with Crippen LogP contribution in [-0.4, -0.2) is 88.0 Å². The lowest BCUT2D eigenvalue weighted by Crippen LogP contribution is -2.59. The number of aliphatic hydroxyl groups is 5. The molecule has 34 heavy (non-hydrogen) atoms. The molecule has 200 valence electrons.